The molecule has 0 bridgehead atoms. The fourth-order valence-corrected chi connectivity index (χ4v) is 4.70. The maximum absolute atomic E-state index is 13.9. The van der Waals surface area contributed by atoms with Gasteiger partial charge in [-0.1, -0.05) is 79.2 Å². The van der Waals surface area contributed by atoms with E-state index < -0.39 is 11.3 Å². The molecule has 0 radical (unpaired) electrons. The first-order valence-corrected chi connectivity index (χ1v) is 13.4. The average Bonchev–Trinajstić information content (AvgIpc) is 3.38. The number of aryl methyl sites for hydroxylation is 2. The smallest absolute Gasteiger partial charge is 0.259 e. The molecule has 8 heteroatoms. The van der Waals surface area contributed by atoms with Crippen molar-refractivity contribution < 1.29 is 13.6 Å². The van der Waals surface area contributed by atoms with Crippen LogP contribution in [0.1, 0.15) is 52.7 Å². The predicted molar refractivity (Wildman–Crippen MR) is 147 cm³/mol. The van der Waals surface area contributed by atoms with Crippen molar-refractivity contribution in [1.82, 2.24) is 15.3 Å². The van der Waals surface area contributed by atoms with Crippen LogP contribution < -0.4 is 10.0 Å². The minimum Gasteiger partial charge on any atom is -0.345 e. The first-order valence-electron chi connectivity index (χ1n) is 12.3. The highest BCUT2D eigenvalue weighted by Gasteiger charge is 2.26. The number of imidazole rings is 1. The van der Waals surface area contributed by atoms with Crippen LogP contribution in [0.3, 0.4) is 0 Å². The number of carbonyl (C=O) groups excluding carboxylic acids is 1. The highest BCUT2D eigenvalue weighted by atomic mass is 32.2. The van der Waals surface area contributed by atoms with E-state index >= 15 is 0 Å². The molecule has 192 valence electrons. The van der Waals surface area contributed by atoms with E-state index in [2.05, 4.69) is 33.0 Å². The summed E-state index contributed by atoms with van der Waals surface area (Å²) in [5.41, 5.74) is 5.68. The summed E-state index contributed by atoms with van der Waals surface area (Å²) >= 11 is -2.13. The SMILES string of the molecule is CCc1cnc([C@H](Cc2ccc(NS(=O)O)cc2)NC(=O)C(Cc2ccccc2)c2cccc(C)c2)[nH]1. The number of aromatic amines is 1. The lowest BCUT2D eigenvalue weighted by atomic mass is 9.90. The molecule has 1 aromatic heterocycles. The van der Waals surface area contributed by atoms with E-state index in [1.165, 1.54) is 0 Å². The van der Waals surface area contributed by atoms with E-state index in [4.69, 9.17) is 4.55 Å². The summed E-state index contributed by atoms with van der Waals surface area (Å²) in [7, 11) is 0. The van der Waals surface area contributed by atoms with Crippen molar-refractivity contribution in [2.24, 2.45) is 0 Å². The Morgan fingerprint density at radius 2 is 1.73 bits per heavy atom. The molecule has 0 aliphatic rings. The standard InChI is InChI=1S/C29H32N4O3S/c1-3-24-19-30-28(31-24)27(18-22-12-14-25(15-13-22)33-37(35)36)32-29(34)26(17-21-9-5-4-6-10-21)23-11-7-8-20(2)16-23/h4-16,19,26-27,33H,3,17-18H2,1-2H3,(H,30,31)(H,32,34)(H,35,36)/t26?,27-/m0/s1. The van der Waals surface area contributed by atoms with Crippen LogP contribution >= 0.6 is 0 Å². The van der Waals surface area contributed by atoms with E-state index in [9.17, 15) is 9.00 Å². The monoisotopic (exact) mass is 516 g/mol. The summed E-state index contributed by atoms with van der Waals surface area (Å²) in [6, 6.07) is 25.0. The predicted octanol–water partition coefficient (Wildman–Crippen LogP) is 5.26. The fraction of sp³-hybridized carbons (Fsp3) is 0.241. The zero-order valence-electron chi connectivity index (χ0n) is 21.0. The second-order valence-electron chi connectivity index (χ2n) is 9.12. The van der Waals surface area contributed by atoms with Crippen molar-refractivity contribution in [2.75, 3.05) is 4.72 Å². The number of rotatable bonds is 11. The molecular formula is C29H32N4O3S. The molecule has 1 heterocycles. The van der Waals surface area contributed by atoms with Crippen LogP contribution in [0.4, 0.5) is 5.69 Å². The van der Waals surface area contributed by atoms with Gasteiger partial charge in [0.2, 0.25) is 5.91 Å². The van der Waals surface area contributed by atoms with Gasteiger partial charge in [0.05, 0.1) is 12.0 Å². The van der Waals surface area contributed by atoms with Crippen molar-refractivity contribution in [3.05, 3.63) is 119 Å². The molecule has 37 heavy (non-hydrogen) atoms. The summed E-state index contributed by atoms with van der Waals surface area (Å²) in [6.45, 7) is 4.08. The third kappa shape index (κ3) is 7.38. The normalized spacial score (nSPS) is 13.5. The van der Waals surface area contributed by atoms with E-state index in [1.807, 2.05) is 67.6 Å². The molecule has 3 aromatic carbocycles. The third-order valence-corrected chi connectivity index (χ3v) is 6.73. The lowest BCUT2D eigenvalue weighted by molar-refractivity contribution is -0.123. The second kappa shape index (κ2) is 12.5. The van der Waals surface area contributed by atoms with Crippen molar-refractivity contribution in [3.8, 4) is 0 Å². The Kier molecular flexibility index (Phi) is 8.87. The molecule has 0 fully saturated rings. The highest BCUT2D eigenvalue weighted by Crippen LogP contribution is 2.25. The number of H-pyrrole nitrogens is 1. The first-order chi connectivity index (χ1) is 17.9. The molecule has 7 nitrogen and oxygen atoms in total. The van der Waals surface area contributed by atoms with Gasteiger partial charge in [-0.2, -0.15) is 0 Å². The van der Waals surface area contributed by atoms with Crippen molar-refractivity contribution in [2.45, 2.75) is 45.1 Å². The van der Waals surface area contributed by atoms with Crippen LogP contribution in [-0.4, -0.2) is 24.6 Å². The van der Waals surface area contributed by atoms with Gasteiger partial charge in [0, 0.05) is 17.6 Å². The van der Waals surface area contributed by atoms with Gasteiger partial charge in [0.15, 0.2) is 0 Å². The molecule has 1 amide bonds. The van der Waals surface area contributed by atoms with Crippen molar-refractivity contribution in [1.29, 1.82) is 0 Å². The molecule has 4 N–H and O–H groups in total. The number of nitrogens with one attached hydrogen (secondary N) is 3. The number of amides is 1. The van der Waals surface area contributed by atoms with Gasteiger partial charge in [-0.3, -0.25) is 14.1 Å². The molecule has 0 spiro atoms. The van der Waals surface area contributed by atoms with Gasteiger partial charge >= 0.3 is 0 Å². The Balaban J connectivity index is 1.61. The second-order valence-corrected chi connectivity index (χ2v) is 9.82. The largest absolute Gasteiger partial charge is 0.345 e. The number of aromatic nitrogens is 2. The molecule has 0 saturated heterocycles. The Labute approximate surface area is 220 Å². The van der Waals surface area contributed by atoms with Crippen LogP contribution in [0.5, 0.6) is 0 Å². The zero-order chi connectivity index (χ0) is 26.2. The van der Waals surface area contributed by atoms with Gasteiger partial charge < -0.3 is 10.3 Å². The van der Waals surface area contributed by atoms with Crippen LogP contribution in [0, 0.1) is 6.92 Å². The van der Waals surface area contributed by atoms with Gasteiger partial charge in [0.25, 0.3) is 11.3 Å². The number of nitrogens with zero attached hydrogens (tertiary/aromatic N) is 1. The lowest BCUT2D eigenvalue weighted by Gasteiger charge is -2.23. The molecule has 0 saturated carbocycles. The summed E-state index contributed by atoms with van der Waals surface area (Å²) in [6.07, 6.45) is 3.71. The lowest BCUT2D eigenvalue weighted by Crippen LogP contribution is -2.35. The van der Waals surface area contributed by atoms with E-state index in [-0.39, 0.29) is 17.9 Å². The average molecular weight is 517 g/mol. The van der Waals surface area contributed by atoms with E-state index in [1.54, 1.807) is 18.3 Å². The van der Waals surface area contributed by atoms with Crippen LogP contribution in [-0.2, 0) is 35.3 Å². The zero-order valence-corrected chi connectivity index (χ0v) is 21.8. The number of hydrogen-bond acceptors (Lipinski definition) is 3. The summed E-state index contributed by atoms with van der Waals surface area (Å²) in [4.78, 5) is 21.8. The molecular weight excluding hydrogens is 484 g/mol. The minimum absolute atomic E-state index is 0.0668. The fourth-order valence-electron chi connectivity index (χ4n) is 4.37. The maximum atomic E-state index is 13.9. The quantitative estimate of drug-likeness (QED) is 0.204. The summed E-state index contributed by atoms with van der Waals surface area (Å²) in [5, 5.41) is 3.27. The molecule has 4 aromatic rings. The summed E-state index contributed by atoms with van der Waals surface area (Å²) in [5.74, 6) is 0.269. The van der Waals surface area contributed by atoms with Crippen molar-refractivity contribution >= 4 is 22.9 Å². The Morgan fingerprint density at radius 1 is 1.00 bits per heavy atom. The number of carbonyl (C=O) groups is 1. The number of hydrogen-bond donors (Lipinski definition) is 4. The maximum Gasteiger partial charge on any atom is 0.259 e. The van der Waals surface area contributed by atoms with Crippen LogP contribution in [0.15, 0.2) is 85.1 Å². The van der Waals surface area contributed by atoms with Crippen LogP contribution in [0.25, 0.3) is 0 Å². The van der Waals surface area contributed by atoms with E-state index in [0.29, 0.717) is 24.4 Å². The Morgan fingerprint density at radius 3 is 2.38 bits per heavy atom. The van der Waals surface area contributed by atoms with Gasteiger partial charge in [-0.05, 0) is 55.0 Å². The highest BCUT2D eigenvalue weighted by molar-refractivity contribution is 7.80. The van der Waals surface area contributed by atoms with Gasteiger partial charge in [-0.25, -0.2) is 9.19 Å². The Bertz CT molecular complexity index is 1340. The third-order valence-electron chi connectivity index (χ3n) is 6.32. The molecule has 0 aliphatic carbocycles. The number of benzene rings is 3. The van der Waals surface area contributed by atoms with Crippen LogP contribution in [0.2, 0.25) is 0 Å². The van der Waals surface area contributed by atoms with Gasteiger partial charge in [0.1, 0.15) is 5.82 Å². The van der Waals surface area contributed by atoms with Crippen molar-refractivity contribution in [3.63, 3.8) is 0 Å². The Hall–Kier alpha value is -3.75. The molecule has 0 aliphatic heterocycles. The number of anilines is 1. The first kappa shape index (κ1) is 26.3. The van der Waals surface area contributed by atoms with Gasteiger partial charge in [-0.15, -0.1) is 0 Å². The molecule has 4 rings (SSSR count). The molecule has 3 atom stereocenters. The topological polar surface area (TPSA) is 107 Å². The molecule has 2 unspecified atom stereocenters. The minimum atomic E-state index is -2.13. The van der Waals surface area contributed by atoms with E-state index in [0.717, 1.165) is 34.4 Å². The summed E-state index contributed by atoms with van der Waals surface area (Å²) < 4.78 is 22.6.